The van der Waals surface area contributed by atoms with Gasteiger partial charge < -0.3 is 14.8 Å². The van der Waals surface area contributed by atoms with Crippen molar-refractivity contribution in [3.8, 4) is 0 Å². The second-order valence-electron chi connectivity index (χ2n) is 4.11. The van der Waals surface area contributed by atoms with Crippen molar-refractivity contribution in [2.75, 3.05) is 4.43 Å². The molecule has 0 saturated carbocycles. The highest BCUT2D eigenvalue weighted by molar-refractivity contribution is 14.1. The molecule has 0 aliphatic heterocycles. The Morgan fingerprint density at radius 1 is 1.60 bits per heavy atom. The fraction of sp³-hybridized carbons (Fsp3) is 0.778. The Labute approximate surface area is 105 Å². The quantitative estimate of drug-likeness (QED) is 0.260. The van der Waals surface area contributed by atoms with Crippen LogP contribution in [0.2, 0.25) is 0 Å². The highest BCUT2D eigenvalue weighted by atomic mass is 127. The van der Waals surface area contributed by atoms with Crippen molar-refractivity contribution in [2.24, 2.45) is 0 Å². The van der Waals surface area contributed by atoms with Crippen molar-refractivity contribution in [3.63, 3.8) is 0 Å². The Kier molecular flexibility index (Phi) is 7.16. The van der Waals surface area contributed by atoms with Gasteiger partial charge in [-0.3, -0.25) is 4.79 Å². The minimum atomic E-state index is -0.457. The van der Waals surface area contributed by atoms with E-state index in [0.717, 1.165) is 4.43 Å². The number of hydrogen-bond acceptors (Lipinski definition) is 4. The molecule has 0 rings (SSSR count). The Hall–Kier alpha value is -0.105. The molecule has 0 aliphatic rings. The zero-order chi connectivity index (χ0) is 11.9. The number of hydrogen-bond donors (Lipinski definition) is 1. The molecule has 0 aromatic carbocycles. The fourth-order valence-corrected chi connectivity index (χ4v) is 1.48. The van der Waals surface area contributed by atoms with Crippen molar-refractivity contribution >= 4 is 42.2 Å². The molecular formula is C9H16BINO3. The van der Waals surface area contributed by atoms with E-state index in [2.05, 4.69) is 27.8 Å². The summed E-state index contributed by atoms with van der Waals surface area (Å²) in [4.78, 5) is 21.5. The van der Waals surface area contributed by atoms with Crippen molar-refractivity contribution in [1.82, 2.24) is 5.23 Å². The van der Waals surface area contributed by atoms with Gasteiger partial charge in [-0.2, -0.15) is 0 Å². The summed E-state index contributed by atoms with van der Waals surface area (Å²) < 4.78 is 5.90. The molecule has 0 aromatic heterocycles. The second kappa shape index (κ2) is 7.21. The van der Waals surface area contributed by atoms with Crippen LogP contribution in [0.5, 0.6) is 0 Å². The van der Waals surface area contributed by atoms with Crippen molar-refractivity contribution in [2.45, 2.75) is 38.8 Å². The van der Waals surface area contributed by atoms with Crippen LogP contribution in [0, 0.1) is 0 Å². The summed E-state index contributed by atoms with van der Waals surface area (Å²) in [5.41, 5.74) is -0.457. The van der Waals surface area contributed by atoms with Gasteiger partial charge >= 0.3 is 5.97 Å². The van der Waals surface area contributed by atoms with Gasteiger partial charge in [-0.25, -0.2) is 0 Å². The average molecular weight is 324 g/mol. The first kappa shape index (κ1) is 14.9. The summed E-state index contributed by atoms with van der Waals surface area (Å²) in [7, 11) is 1.30. The minimum absolute atomic E-state index is 0.0503. The van der Waals surface area contributed by atoms with Crippen LogP contribution in [-0.2, 0) is 14.3 Å². The van der Waals surface area contributed by atoms with Crippen molar-refractivity contribution < 1.29 is 14.3 Å². The van der Waals surface area contributed by atoms with Crippen molar-refractivity contribution in [3.05, 3.63) is 0 Å². The van der Waals surface area contributed by atoms with Gasteiger partial charge in [0.15, 0.2) is 0 Å². The monoisotopic (exact) mass is 324 g/mol. The Balaban J connectivity index is 3.95. The van der Waals surface area contributed by atoms with E-state index in [-0.39, 0.29) is 18.4 Å². The Bertz CT molecular complexity index is 218. The van der Waals surface area contributed by atoms with Gasteiger partial charge in [-0.1, -0.05) is 22.6 Å². The summed E-state index contributed by atoms with van der Waals surface area (Å²) in [6, 6.07) is -0.0503. The van der Waals surface area contributed by atoms with E-state index in [0.29, 0.717) is 6.19 Å². The van der Waals surface area contributed by atoms with Gasteiger partial charge in [0.1, 0.15) is 5.60 Å². The smallest absolute Gasteiger partial charge is 0.307 e. The summed E-state index contributed by atoms with van der Waals surface area (Å²) >= 11 is 2.15. The highest BCUT2D eigenvalue weighted by Gasteiger charge is 2.19. The maximum atomic E-state index is 11.4. The number of alkyl halides is 1. The topological polar surface area (TPSA) is 55.4 Å². The van der Waals surface area contributed by atoms with Crippen molar-refractivity contribution in [1.29, 1.82) is 0 Å². The normalized spacial score (nSPS) is 13.1. The predicted octanol–water partition coefficient (Wildman–Crippen LogP) is 0.921. The molecule has 1 N–H and O–H groups in total. The standard InChI is InChI=1S/C9H16BINO3/c1-9(2,3)15-8(14)4-7(5-11)12-10-6-13/h6-7,12H,4-5H2,1-3H3/t7-/m1/s1. The molecule has 0 aliphatic carbocycles. The molecule has 4 nitrogen and oxygen atoms in total. The van der Waals surface area contributed by atoms with Gasteiger partial charge in [0.05, 0.1) is 12.6 Å². The molecule has 0 unspecified atom stereocenters. The SMILES string of the molecule is CC(C)(C)OC(=O)C[C@H](CI)N[B]C=O. The fourth-order valence-electron chi connectivity index (χ4n) is 0.918. The molecule has 15 heavy (non-hydrogen) atoms. The molecule has 1 atom stereocenters. The lowest BCUT2D eigenvalue weighted by Gasteiger charge is -2.21. The summed E-state index contributed by atoms with van der Waals surface area (Å²) in [5, 5.41) is 2.83. The van der Waals surface area contributed by atoms with Crippen LogP contribution in [0.1, 0.15) is 27.2 Å². The lowest BCUT2D eigenvalue weighted by molar-refractivity contribution is -0.155. The van der Waals surface area contributed by atoms with Gasteiger partial charge in [0.25, 0.3) is 7.41 Å². The number of rotatable bonds is 6. The minimum Gasteiger partial charge on any atom is -0.460 e. The van der Waals surface area contributed by atoms with Gasteiger partial charge in [0, 0.05) is 10.5 Å². The maximum absolute atomic E-state index is 11.4. The van der Waals surface area contributed by atoms with Crippen LogP contribution in [0.15, 0.2) is 0 Å². The average Bonchev–Trinajstić information content (AvgIpc) is 2.09. The zero-order valence-electron chi connectivity index (χ0n) is 9.25. The molecule has 0 bridgehead atoms. The molecule has 0 aromatic rings. The second-order valence-corrected chi connectivity index (χ2v) is 4.99. The first-order valence-corrected chi connectivity index (χ1v) is 6.22. The third kappa shape index (κ3) is 8.86. The Morgan fingerprint density at radius 3 is 2.60 bits per heavy atom. The number of esters is 1. The third-order valence-electron chi connectivity index (χ3n) is 1.42. The molecule has 0 saturated heterocycles. The molecule has 0 heterocycles. The lowest BCUT2D eigenvalue weighted by Crippen LogP contribution is -2.38. The molecular weight excluding hydrogens is 308 g/mol. The van der Waals surface area contributed by atoms with E-state index >= 15 is 0 Å². The number of ether oxygens (including phenoxy) is 1. The third-order valence-corrected chi connectivity index (χ3v) is 2.48. The van der Waals surface area contributed by atoms with Crippen LogP contribution in [0.4, 0.5) is 0 Å². The van der Waals surface area contributed by atoms with Crippen LogP contribution < -0.4 is 5.23 Å². The van der Waals surface area contributed by atoms with E-state index in [9.17, 15) is 9.59 Å². The first-order valence-electron chi connectivity index (χ1n) is 4.70. The molecule has 6 heteroatoms. The number of carbonyl (C=O) groups is 2. The predicted molar refractivity (Wildman–Crippen MR) is 68.8 cm³/mol. The first-order chi connectivity index (χ1) is 6.89. The van der Waals surface area contributed by atoms with E-state index in [1.54, 1.807) is 0 Å². The molecule has 0 fully saturated rings. The van der Waals surface area contributed by atoms with E-state index in [1.807, 2.05) is 20.8 Å². The van der Waals surface area contributed by atoms with E-state index in [1.165, 1.54) is 7.41 Å². The zero-order valence-corrected chi connectivity index (χ0v) is 11.4. The van der Waals surface area contributed by atoms with Gasteiger partial charge in [-0.05, 0) is 20.8 Å². The summed E-state index contributed by atoms with van der Waals surface area (Å²) in [6.07, 6.45) is 0.930. The summed E-state index contributed by atoms with van der Waals surface area (Å²) in [6.45, 7) is 5.48. The Morgan fingerprint density at radius 2 is 2.20 bits per heavy atom. The number of nitrogens with one attached hydrogen (secondary N) is 1. The molecule has 1 radical (unpaired) electrons. The van der Waals surface area contributed by atoms with Crippen LogP contribution >= 0.6 is 22.6 Å². The van der Waals surface area contributed by atoms with E-state index < -0.39 is 5.60 Å². The van der Waals surface area contributed by atoms with Gasteiger partial charge in [0.2, 0.25) is 0 Å². The highest BCUT2D eigenvalue weighted by Crippen LogP contribution is 2.09. The van der Waals surface area contributed by atoms with Crippen LogP contribution in [0.3, 0.4) is 0 Å². The number of halogens is 1. The van der Waals surface area contributed by atoms with Crippen LogP contribution in [0.25, 0.3) is 0 Å². The van der Waals surface area contributed by atoms with E-state index in [4.69, 9.17) is 4.74 Å². The summed E-state index contributed by atoms with van der Waals surface area (Å²) in [5.74, 6) is -0.254. The largest absolute Gasteiger partial charge is 0.460 e. The van der Waals surface area contributed by atoms with Gasteiger partial charge in [-0.15, -0.1) is 0 Å². The lowest BCUT2D eigenvalue weighted by atomic mass is 9.96. The molecule has 85 valence electrons. The molecule has 0 spiro atoms. The number of carbonyl (C=O) groups excluding carboxylic acids is 2. The maximum Gasteiger partial charge on any atom is 0.307 e. The van der Waals surface area contributed by atoms with Crippen LogP contribution in [-0.4, -0.2) is 35.6 Å². The molecule has 0 amide bonds.